The number of thioether (sulfide) groups is 1. The van der Waals surface area contributed by atoms with Crippen molar-refractivity contribution < 1.29 is 9.59 Å². The van der Waals surface area contributed by atoms with Crippen LogP contribution in [0.2, 0.25) is 0 Å². The molecule has 2 amide bonds. The Morgan fingerprint density at radius 2 is 1.93 bits per heavy atom. The third-order valence-corrected chi connectivity index (χ3v) is 5.75. The minimum absolute atomic E-state index is 0.0707. The molecule has 1 aromatic heterocycles. The number of rotatable bonds is 5. The molecule has 0 aliphatic carbocycles. The summed E-state index contributed by atoms with van der Waals surface area (Å²) in [5, 5.41) is 0.495. The van der Waals surface area contributed by atoms with Gasteiger partial charge in [0, 0.05) is 35.6 Å². The standard InChI is InChI=1S/C21H20N4O3S/c26-19(10-12-29-15-5-2-1-3-6-15)23-24-20(27)14-8-9-16-17(13-14)22-18-7-4-11-25(18)21(16)28/h1-3,5-6,8-9,13H,4,7,10-12H2,(H,23,26)(H,24,27). The normalized spacial score (nSPS) is 12.6. The number of nitrogens with one attached hydrogen (secondary N) is 2. The SMILES string of the molecule is O=C(CCSc1ccccc1)NNC(=O)c1ccc2c(=O)n3c(nc2c1)CCC3. The zero-order chi connectivity index (χ0) is 20.2. The van der Waals surface area contributed by atoms with Crippen molar-refractivity contribution in [3.8, 4) is 0 Å². The maximum absolute atomic E-state index is 12.5. The molecule has 0 radical (unpaired) electrons. The van der Waals surface area contributed by atoms with Gasteiger partial charge in [0.15, 0.2) is 0 Å². The fourth-order valence-electron chi connectivity index (χ4n) is 3.26. The van der Waals surface area contributed by atoms with Crippen molar-refractivity contribution >= 4 is 34.5 Å². The topological polar surface area (TPSA) is 93.1 Å². The lowest BCUT2D eigenvalue weighted by molar-refractivity contribution is -0.121. The molecule has 1 aliphatic heterocycles. The Labute approximate surface area is 171 Å². The van der Waals surface area contributed by atoms with Crippen LogP contribution in [0.5, 0.6) is 0 Å². The van der Waals surface area contributed by atoms with Crippen LogP contribution in [0.25, 0.3) is 10.9 Å². The number of hydrazine groups is 1. The summed E-state index contributed by atoms with van der Waals surface area (Å²) in [6.45, 7) is 0.688. The Morgan fingerprint density at radius 3 is 2.76 bits per heavy atom. The van der Waals surface area contributed by atoms with Crippen molar-refractivity contribution in [2.24, 2.45) is 0 Å². The van der Waals surface area contributed by atoms with Gasteiger partial charge in [0.05, 0.1) is 10.9 Å². The average molecular weight is 408 g/mol. The summed E-state index contributed by atoms with van der Waals surface area (Å²) in [5.41, 5.74) is 5.62. The highest BCUT2D eigenvalue weighted by molar-refractivity contribution is 7.99. The van der Waals surface area contributed by atoms with E-state index in [-0.39, 0.29) is 17.9 Å². The first kappa shape index (κ1) is 19.2. The molecule has 0 fully saturated rings. The molecular weight excluding hydrogens is 388 g/mol. The van der Waals surface area contributed by atoms with E-state index in [2.05, 4.69) is 15.8 Å². The monoisotopic (exact) mass is 408 g/mol. The number of carbonyl (C=O) groups is 2. The van der Waals surface area contributed by atoms with E-state index in [1.54, 1.807) is 34.5 Å². The van der Waals surface area contributed by atoms with E-state index in [0.29, 0.717) is 28.8 Å². The van der Waals surface area contributed by atoms with Gasteiger partial charge < -0.3 is 0 Å². The van der Waals surface area contributed by atoms with Crippen molar-refractivity contribution in [3.05, 3.63) is 70.3 Å². The van der Waals surface area contributed by atoms with Crippen LogP contribution in [0.4, 0.5) is 0 Å². The molecule has 1 aliphatic rings. The van der Waals surface area contributed by atoms with E-state index in [4.69, 9.17) is 0 Å². The van der Waals surface area contributed by atoms with Crippen LogP contribution < -0.4 is 16.4 Å². The Bertz CT molecular complexity index is 1130. The highest BCUT2D eigenvalue weighted by Crippen LogP contribution is 2.18. The number of hydrogen-bond donors (Lipinski definition) is 2. The number of amides is 2. The first-order valence-electron chi connectivity index (χ1n) is 9.42. The average Bonchev–Trinajstić information content (AvgIpc) is 3.21. The van der Waals surface area contributed by atoms with E-state index < -0.39 is 5.91 Å². The van der Waals surface area contributed by atoms with Gasteiger partial charge in [-0.1, -0.05) is 18.2 Å². The number of aryl methyl sites for hydroxylation is 1. The van der Waals surface area contributed by atoms with Gasteiger partial charge in [-0.15, -0.1) is 11.8 Å². The van der Waals surface area contributed by atoms with E-state index in [0.717, 1.165) is 23.6 Å². The molecule has 2 heterocycles. The van der Waals surface area contributed by atoms with Crippen molar-refractivity contribution in [1.29, 1.82) is 0 Å². The predicted octanol–water partition coefficient (Wildman–Crippen LogP) is 2.29. The van der Waals surface area contributed by atoms with Crippen molar-refractivity contribution in [2.45, 2.75) is 30.7 Å². The molecule has 148 valence electrons. The van der Waals surface area contributed by atoms with Gasteiger partial charge in [-0.2, -0.15) is 0 Å². The zero-order valence-electron chi connectivity index (χ0n) is 15.7. The molecule has 0 unspecified atom stereocenters. The molecule has 8 heteroatoms. The van der Waals surface area contributed by atoms with Gasteiger partial charge in [0.2, 0.25) is 5.91 Å². The Kier molecular flexibility index (Phi) is 5.62. The molecule has 29 heavy (non-hydrogen) atoms. The van der Waals surface area contributed by atoms with Crippen LogP contribution in [0.3, 0.4) is 0 Å². The third-order valence-electron chi connectivity index (χ3n) is 4.74. The van der Waals surface area contributed by atoms with Crippen molar-refractivity contribution in [1.82, 2.24) is 20.4 Å². The van der Waals surface area contributed by atoms with Crippen LogP contribution in [0.15, 0.2) is 58.2 Å². The second-order valence-electron chi connectivity index (χ2n) is 6.73. The molecular formula is C21H20N4O3S. The third kappa shape index (κ3) is 4.32. The van der Waals surface area contributed by atoms with E-state index in [1.165, 1.54) is 0 Å². The lowest BCUT2D eigenvalue weighted by Crippen LogP contribution is -2.41. The van der Waals surface area contributed by atoms with Gasteiger partial charge in [-0.25, -0.2) is 4.98 Å². The minimum atomic E-state index is -0.446. The van der Waals surface area contributed by atoms with Crippen LogP contribution in [-0.4, -0.2) is 27.1 Å². The number of fused-ring (bicyclic) bond motifs is 2. The van der Waals surface area contributed by atoms with Gasteiger partial charge >= 0.3 is 0 Å². The summed E-state index contributed by atoms with van der Waals surface area (Å²) in [4.78, 5) is 42.4. The molecule has 0 bridgehead atoms. The second-order valence-corrected chi connectivity index (χ2v) is 7.90. The summed E-state index contributed by atoms with van der Waals surface area (Å²) >= 11 is 1.58. The van der Waals surface area contributed by atoms with Gasteiger partial charge in [-0.05, 0) is 36.8 Å². The Morgan fingerprint density at radius 1 is 1.10 bits per heavy atom. The van der Waals surface area contributed by atoms with E-state index in [9.17, 15) is 14.4 Å². The maximum Gasteiger partial charge on any atom is 0.269 e. The van der Waals surface area contributed by atoms with Crippen LogP contribution in [-0.2, 0) is 17.8 Å². The smallest absolute Gasteiger partial charge is 0.269 e. The Hall–Kier alpha value is -3.13. The molecule has 0 spiro atoms. The highest BCUT2D eigenvalue weighted by Gasteiger charge is 2.17. The van der Waals surface area contributed by atoms with E-state index in [1.807, 2.05) is 30.3 Å². The first-order valence-corrected chi connectivity index (χ1v) is 10.4. The van der Waals surface area contributed by atoms with Crippen molar-refractivity contribution in [3.63, 3.8) is 0 Å². The maximum atomic E-state index is 12.5. The number of nitrogens with zero attached hydrogens (tertiary/aromatic N) is 2. The number of aromatic nitrogens is 2. The lowest BCUT2D eigenvalue weighted by atomic mass is 10.1. The molecule has 0 saturated carbocycles. The number of benzene rings is 2. The first-order chi connectivity index (χ1) is 14.1. The van der Waals surface area contributed by atoms with Gasteiger partial charge in [0.1, 0.15) is 5.82 Å². The molecule has 3 aromatic rings. The number of hydrogen-bond acceptors (Lipinski definition) is 5. The molecule has 2 N–H and O–H groups in total. The molecule has 7 nitrogen and oxygen atoms in total. The van der Waals surface area contributed by atoms with Crippen LogP contribution >= 0.6 is 11.8 Å². The fourth-order valence-corrected chi connectivity index (χ4v) is 4.14. The highest BCUT2D eigenvalue weighted by atomic mass is 32.2. The Balaban J connectivity index is 1.34. The largest absolute Gasteiger partial charge is 0.296 e. The van der Waals surface area contributed by atoms with Crippen molar-refractivity contribution in [2.75, 3.05) is 5.75 Å². The second kappa shape index (κ2) is 8.48. The molecule has 0 saturated heterocycles. The van der Waals surface area contributed by atoms with Gasteiger partial charge in [0.25, 0.3) is 11.5 Å². The number of carbonyl (C=O) groups excluding carboxylic acids is 2. The predicted molar refractivity (Wildman–Crippen MR) is 112 cm³/mol. The molecule has 4 rings (SSSR count). The summed E-state index contributed by atoms with van der Waals surface area (Å²) in [6.07, 6.45) is 1.95. The fraction of sp³-hybridized carbons (Fsp3) is 0.238. The lowest BCUT2D eigenvalue weighted by Gasteiger charge is -2.09. The molecule has 0 atom stereocenters. The van der Waals surface area contributed by atoms with E-state index >= 15 is 0 Å². The summed E-state index contributed by atoms with van der Waals surface area (Å²) in [6, 6.07) is 14.6. The van der Waals surface area contributed by atoms with Gasteiger partial charge in [-0.3, -0.25) is 29.8 Å². The summed E-state index contributed by atoms with van der Waals surface area (Å²) in [7, 11) is 0. The quantitative estimate of drug-likeness (QED) is 0.499. The summed E-state index contributed by atoms with van der Waals surface area (Å²) < 4.78 is 1.69. The molecule has 2 aromatic carbocycles. The zero-order valence-corrected chi connectivity index (χ0v) is 16.5. The summed E-state index contributed by atoms with van der Waals surface area (Å²) in [5.74, 6) is 0.653. The van der Waals surface area contributed by atoms with Crippen LogP contribution in [0.1, 0.15) is 29.0 Å². The van der Waals surface area contributed by atoms with Crippen LogP contribution in [0, 0.1) is 0 Å². The minimum Gasteiger partial charge on any atom is -0.296 e.